The zero-order valence-electron chi connectivity index (χ0n) is 20.4. The summed E-state index contributed by atoms with van der Waals surface area (Å²) in [5.74, 6) is 1.05. The molecule has 1 fully saturated rings. The fourth-order valence-electron chi connectivity index (χ4n) is 4.96. The molecule has 1 unspecified atom stereocenters. The third-order valence-corrected chi connectivity index (χ3v) is 6.75. The average Bonchev–Trinajstić information content (AvgIpc) is 3.53. The van der Waals surface area contributed by atoms with Gasteiger partial charge in [-0.2, -0.15) is 0 Å². The Balaban J connectivity index is 1.42. The van der Waals surface area contributed by atoms with Crippen LogP contribution in [0.1, 0.15) is 66.0 Å². The van der Waals surface area contributed by atoms with E-state index in [9.17, 15) is 14.3 Å². The summed E-state index contributed by atoms with van der Waals surface area (Å²) in [4.78, 5) is 21.2. The number of nitrogens with one attached hydrogen (secondary N) is 5. The van der Waals surface area contributed by atoms with Crippen molar-refractivity contribution in [3.8, 4) is 0 Å². The predicted molar refractivity (Wildman–Crippen MR) is 135 cm³/mol. The van der Waals surface area contributed by atoms with E-state index in [0.29, 0.717) is 30.3 Å². The van der Waals surface area contributed by atoms with E-state index in [1.165, 1.54) is 25.0 Å². The van der Waals surface area contributed by atoms with Crippen LogP contribution >= 0.6 is 0 Å². The molecule has 0 amide bonds. The smallest absolute Gasteiger partial charge is 0.174 e. The lowest BCUT2D eigenvalue weighted by Crippen LogP contribution is -2.34. The predicted octanol–water partition coefficient (Wildman–Crippen LogP) is 2.32. The molecule has 2 aliphatic rings. The number of carbonyl (C=O) groups is 1. The number of aliphatic hydroxyl groups is 1. The molecule has 2 aromatic rings. The summed E-state index contributed by atoms with van der Waals surface area (Å²) in [7, 11) is 3.53. The van der Waals surface area contributed by atoms with Crippen molar-refractivity contribution >= 4 is 17.4 Å². The average molecular weight is 483 g/mol. The van der Waals surface area contributed by atoms with Crippen molar-refractivity contribution in [2.75, 3.05) is 33.8 Å². The van der Waals surface area contributed by atoms with Crippen LogP contribution in [0.5, 0.6) is 0 Å². The van der Waals surface area contributed by atoms with Crippen LogP contribution in [0.4, 0.5) is 4.39 Å². The number of nitrogens with zero attached hydrogens (tertiary/aromatic N) is 1. The first-order valence-electron chi connectivity index (χ1n) is 12.2. The third-order valence-electron chi connectivity index (χ3n) is 6.75. The maximum Gasteiger partial charge on any atom is 0.174 e. The first-order chi connectivity index (χ1) is 17.0. The van der Waals surface area contributed by atoms with E-state index in [0.717, 1.165) is 41.2 Å². The molecule has 0 saturated heterocycles. The third kappa shape index (κ3) is 5.80. The van der Waals surface area contributed by atoms with E-state index < -0.39 is 6.04 Å². The van der Waals surface area contributed by atoms with Gasteiger partial charge in [0.1, 0.15) is 17.7 Å². The van der Waals surface area contributed by atoms with Gasteiger partial charge in [0, 0.05) is 31.8 Å². The van der Waals surface area contributed by atoms with Gasteiger partial charge in [-0.25, -0.2) is 9.37 Å². The van der Waals surface area contributed by atoms with Gasteiger partial charge >= 0.3 is 0 Å². The van der Waals surface area contributed by atoms with Gasteiger partial charge in [-0.1, -0.05) is 12.8 Å². The summed E-state index contributed by atoms with van der Waals surface area (Å²) in [5, 5.41) is 22.0. The number of aliphatic hydroxyl groups excluding tert-OH is 1. The summed E-state index contributed by atoms with van der Waals surface area (Å²) in [5.41, 5.74) is 4.46. The number of imidazole rings is 1. The van der Waals surface area contributed by atoms with E-state index >= 15 is 0 Å². The van der Waals surface area contributed by atoms with Crippen molar-refractivity contribution < 1.29 is 14.3 Å². The Morgan fingerprint density at radius 1 is 1.20 bits per heavy atom. The minimum absolute atomic E-state index is 0.0117. The van der Waals surface area contributed by atoms with Crippen LogP contribution in [0.3, 0.4) is 0 Å². The number of aromatic amines is 1. The number of rotatable bonds is 11. The Kier molecular flexibility index (Phi) is 8.33. The second-order valence-corrected chi connectivity index (χ2v) is 9.15. The first-order valence-corrected chi connectivity index (χ1v) is 12.2. The van der Waals surface area contributed by atoms with Gasteiger partial charge in [-0.15, -0.1) is 0 Å². The summed E-state index contributed by atoms with van der Waals surface area (Å²) in [6.07, 6.45) is 8.40. The molecule has 1 aliphatic heterocycles. The largest absolute Gasteiger partial charge is 0.390 e. The number of aromatic nitrogens is 2. The lowest BCUT2D eigenvalue weighted by Gasteiger charge is -2.19. The Morgan fingerprint density at radius 2 is 2.00 bits per heavy atom. The number of halogens is 1. The van der Waals surface area contributed by atoms with Crippen LogP contribution in [-0.4, -0.2) is 54.6 Å². The number of likely N-dealkylation sites (N-methyl/N-ethyl adjacent to an activating group) is 2. The zero-order valence-corrected chi connectivity index (χ0v) is 20.4. The number of Topliss-reactive ketones (excluding diaryl/α,β-unsaturated/α-hetero) is 1. The molecule has 188 valence electrons. The molecule has 0 radical (unpaired) electrons. The Morgan fingerprint density at radius 3 is 2.71 bits per heavy atom. The highest BCUT2D eigenvalue weighted by Crippen LogP contribution is 2.34. The van der Waals surface area contributed by atoms with Crippen LogP contribution in [-0.2, 0) is 11.3 Å². The molecule has 1 atom stereocenters. The lowest BCUT2D eigenvalue weighted by molar-refractivity contribution is -0.120. The minimum Gasteiger partial charge on any atom is -0.390 e. The van der Waals surface area contributed by atoms with Crippen LogP contribution in [0, 0.1) is 5.82 Å². The summed E-state index contributed by atoms with van der Waals surface area (Å²) >= 11 is 0. The normalized spacial score (nSPS) is 18.2. The van der Waals surface area contributed by atoms with Gasteiger partial charge in [-0.3, -0.25) is 4.79 Å². The van der Waals surface area contributed by atoms with Gasteiger partial charge in [0.05, 0.1) is 24.5 Å². The van der Waals surface area contributed by atoms with Crippen molar-refractivity contribution in [1.29, 1.82) is 0 Å². The second kappa shape index (κ2) is 11.6. The van der Waals surface area contributed by atoms with Crippen molar-refractivity contribution in [1.82, 2.24) is 31.2 Å². The summed E-state index contributed by atoms with van der Waals surface area (Å²) in [6, 6.07) is 4.30. The maximum atomic E-state index is 14.4. The van der Waals surface area contributed by atoms with E-state index in [1.807, 2.05) is 12.1 Å². The van der Waals surface area contributed by atoms with Crippen LogP contribution < -0.4 is 21.3 Å². The fraction of sp³-hybridized carbons (Fsp3) is 0.462. The number of benzene rings is 1. The summed E-state index contributed by atoms with van der Waals surface area (Å²) in [6.45, 7) is 0.768. The molecule has 1 aliphatic carbocycles. The molecule has 1 aromatic carbocycles. The highest BCUT2D eigenvalue weighted by molar-refractivity contribution is 5.88. The summed E-state index contributed by atoms with van der Waals surface area (Å²) < 4.78 is 14.4. The Bertz CT molecular complexity index is 1100. The number of hydrogen-bond donors (Lipinski definition) is 6. The van der Waals surface area contributed by atoms with Crippen LogP contribution in [0.2, 0.25) is 0 Å². The molecule has 1 aromatic heterocycles. The molecular formula is C26H35FN6O2. The molecule has 2 heterocycles. The standard InChI is InChI=1S/C26H35FN6O2/c1-28-13-20(22(15-34)29-2)18-9-16(10-19(27)11-18)12-30-14-23(35)25-24-21(7-8-31-25)32-26(33-24)17-5-3-4-6-17/h7-11,17,25,28-31,34H,3-6,12-15H2,1-2H3,(H,32,33)/b22-20+. The van der Waals surface area contributed by atoms with Gasteiger partial charge in [0.25, 0.3) is 0 Å². The van der Waals surface area contributed by atoms with Gasteiger partial charge in [0.2, 0.25) is 0 Å². The molecule has 35 heavy (non-hydrogen) atoms. The number of hydrogen-bond acceptors (Lipinski definition) is 7. The van der Waals surface area contributed by atoms with E-state index in [2.05, 4.69) is 26.3 Å². The lowest BCUT2D eigenvalue weighted by atomic mass is 10.0. The number of carbonyl (C=O) groups excluding carboxylic acids is 1. The molecule has 8 nitrogen and oxygen atoms in total. The molecule has 0 spiro atoms. The SMILES string of the molecule is CNC/C(=C(/CO)NC)c1cc(F)cc(CNCC(=O)C2NC=Cc3nc(C4CCCC4)[nH]c32)c1. The fourth-order valence-corrected chi connectivity index (χ4v) is 4.96. The molecule has 0 bridgehead atoms. The highest BCUT2D eigenvalue weighted by atomic mass is 19.1. The molecule has 9 heteroatoms. The van der Waals surface area contributed by atoms with E-state index in [4.69, 9.17) is 4.98 Å². The number of ketones is 1. The van der Waals surface area contributed by atoms with Gasteiger partial charge in [-0.05, 0) is 67.1 Å². The topological polar surface area (TPSA) is 114 Å². The molecule has 4 rings (SSSR count). The van der Waals surface area contributed by atoms with Crippen molar-refractivity contribution in [3.05, 3.63) is 64.3 Å². The molecule has 6 N–H and O–H groups in total. The van der Waals surface area contributed by atoms with Gasteiger partial charge < -0.3 is 31.4 Å². The van der Waals surface area contributed by atoms with Crippen LogP contribution in [0.25, 0.3) is 11.6 Å². The maximum absolute atomic E-state index is 14.4. The monoisotopic (exact) mass is 482 g/mol. The Labute approximate surface area is 205 Å². The highest BCUT2D eigenvalue weighted by Gasteiger charge is 2.29. The minimum atomic E-state index is -0.485. The van der Waals surface area contributed by atoms with Crippen molar-refractivity contribution in [2.24, 2.45) is 0 Å². The number of fused-ring (bicyclic) bond motifs is 1. The molecule has 1 saturated carbocycles. The van der Waals surface area contributed by atoms with Crippen molar-refractivity contribution in [3.63, 3.8) is 0 Å². The first kappa shape index (κ1) is 25.1. The van der Waals surface area contributed by atoms with Crippen LogP contribution in [0.15, 0.2) is 30.1 Å². The quantitative estimate of drug-likeness (QED) is 0.291. The number of H-pyrrole nitrogens is 1. The second-order valence-electron chi connectivity index (χ2n) is 9.15. The Hall–Kier alpha value is -3.01. The van der Waals surface area contributed by atoms with Crippen molar-refractivity contribution in [2.45, 2.75) is 44.2 Å². The van der Waals surface area contributed by atoms with E-state index in [1.54, 1.807) is 20.3 Å². The van der Waals surface area contributed by atoms with Gasteiger partial charge in [0.15, 0.2) is 5.78 Å². The van der Waals surface area contributed by atoms with E-state index in [-0.39, 0.29) is 24.8 Å². The zero-order chi connectivity index (χ0) is 24.8. The molecular weight excluding hydrogens is 447 g/mol.